The molecule has 1 aliphatic heterocycles. The van der Waals surface area contributed by atoms with Gasteiger partial charge in [-0.15, -0.1) is 0 Å². The SMILES string of the molecule is O=S1(=O)CC[C@@H](N(CCNS(=O)(=O)c2ccc(C3CCCCC3)cc2)S(=O)(=O)c2ccc(C3CCCCC3)cc2)C1. The molecule has 8 nitrogen and oxygen atoms in total. The number of sulfone groups is 1. The van der Waals surface area contributed by atoms with Crippen molar-refractivity contribution in [1.29, 1.82) is 0 Å². The lowest BCUT2D eigenvalue weighted by atomic mass is 9.84. The second-order valence-corrected chi connectivity index (χ2v) is 17.8. The van der Waals surface area contributed by atoms with E-state index in [1.807, 2.05) is 24.3 Å². The van der Waals surface area contributed by atoms with Gasteiger partial charge in [0.05, 0.1) is 21.3 Å². The molecule has 41 heavy (non-hydrogen) atoms. The monoisotopic (exact) mass is 622 g/mol. The summed E-state index contributed by atoms with van der Waals surface area (Å²) in [6.07, 6.45) is 11.8. The van der Waals surface area contributed by atoms with Crippen LogP contribution in [0.5, 0.6) is 0 Å². The smallest absolute Gasteiger partial charge is 0.229 e. The van der Waals surface area contributed by atoms with Gasteiger partial charge in [-0.25, -0.2) is 30.0 Å². The summed E-state index contributed by atoms with van der Waals surface area (Å²) in [6.45, 7) is -0.324. The normalized spacial score (nSPS) is 22.7. The Labute approximate surface area is 245 Å². The fourth-order valence-electron chi connectivity index (χ4n) is 6.71. The fourth-order valence-corrected chi connectivity index (χ4v) is 11.2. The highest BCUT2D eigenvalue weighted by Gasteiger charge is 2.39. The van der Waals surface area contributed by atoms with Crippen molar-refractivity contribution in [2.45, 2.75) is 98.3 Å². The van der Waals surface area contributed by atoms with Crippen LogP contribution in [0.3, 0.4) is 0 Å². The van der Waals surface area contributed by atoms with E-state index < -0.39 is 35.9 Å². The maximum atomic E-state index is 13.8. The summed E-state index contributed by atoms with van der Waals surface area (Å²) in [5.41, 5.74) is 2.28. The van der Waals surface area contributed by atoms with Crippen LogP contribution < -0.4 is 4.72 Å². The molecule has 3 aliphatic rings. The summed E-state index contributed by atoms with van der Waals surface area (Å²) in [5.74, 6) is 0.555. The minimum atomic E-state index is -4.05. The van der Waals surface area contributed by atoms with Crippen LogP contribution in [0.4, 0.5) is 0 Å². The van der Waals surface area contributed by atoms with E-state index in [1.54, 1.807) is 24.3 Å². The van der Waals surface area contributed by atoms with Crippen LogP contribution in [-0.2, 0) is 29.9 Å². The molecular formula is C30H42N2O6S3. The van der Waals surface area contributed by atoms with Crippen LogP contribution in [0.15, 0.2) is 58.3 Å². The zero-order chi connectivity index (χ0) is 29.1. The van der Waals surface area contributed by atoms with Crippen molar-refractivity contribution in [2.24, 2.45) is 0 Å². The van der Waals surface area contributed by atoms with Crippen LogP contribution >= 0.6 is 0 Å². The molecule has 0 bridgehead atoms. The number of hydrogen-bond acceptors (Lipinski definition) is 6. The maximum Gasteiger partial charge on any atom is 0.243 e. The lowest BCUT2D eigenvalue weighted by Gasteiger charge is -2.28. The number of hydrogen-bond donors (Lipinski definition) is 1. The highest BCUT2D eigenvalue weighted by Crippen LogP contribution is 2.34. The Kier molecular flexibility index (Phi) is 9.60. The van der Waals surface area contributed by atoms with Crippen molar-refractivity contribution in [3.8, 4) is 0 Å². The number of sulfonamides is 2. The summed E-state index contributed by atoms with van der Waals surface area (Å²) in [4.78, 5) is 0.232. The van der Waals surface area contributed by atoms with Gasteiger partial charge in [-0.3, -0.25) is 0 Å². The molecule has 0 unspecified atom stereocenters. The van der Waals surface area contributed by atoms with Crippen molar-refractivity contribution in [3.05, 3.63) is 59.7 Å². The third-order valence-corrected chi connectivity index (χ3v) is 14.3. The van der Waals surface area contributed by atoms with E-state index in [-0.39, 0.29) is 40.8 Å². The van der Waals surface area contributed by atoms with Crippen LogP contribution in [0.25, 0.3) is 0 Å². The van der Waals surface area contributed by atoms with Gasteiger partial charge in [0.2, 0.25) is 20.0 Å². The number of rotatable bonds is 10. The van der Waals surface area contributed by atoms with E-state index in [9.17, 15) is 25.3 Å². The van der Waals surface area contributed by atoms with E-state index in [4.69, 9.17) is 0 Å². The molecule has 1 heterocycles. The summed E-state index contributed by atoms with van der Waals surface area (Å²) >= 11 is 0. The molecule has 5 rings (SSSR count). The Bertz CT molecular complexity index is 1490. The standard InChI is InChI=1S/C30H42N2O6S3/c33-39(34)22-19-28(23-39)32(41(37,38)30-17-13-27(14-18-30)25-9-5-2-6-10-25)21-20-31-40(35,36)29-15-11-26(12-16-29)24-7-3-1-4-8-24/h11-18,24-25,28,31H,1-10,19-23H2/t28-/m1/s1. The molecule has 1 saturated heterocycles. The molecule has 11 heteroatoms. The number of nitrogens with zero attached hydrogens (tertiary/aromatic N) is 1. The lowest BCUT2D eigenvalue weighted by Crippen LogP contribution is -2.45. The van der Waals surface area contributed by atoms with Crippen molar-refractivity contribution < 1.29 is 25.3 Å². The summed E-state index contributed by atoms with van der Waals surface area (Å²) in [6, 6.07) is 13.2. The zero-order valence-corrected chi connectivity index (χ0v) is 26.0. The molecule has 2 aromatic rings. The predicted molar refractivity (Wildman–Crippen MR) is 161 cm³/mol. The van der Waals surface area contributed by atoms with E-state index in [2.05, 4.69) is 4.72 Å². The van der Waals surface area contributed by atoms with Crippen LogP contribution in [0, 0.1) is 0 Å². The average Bonchev–Trinajstić information content (AvgIpc) is 3.35. The summed E-state index contributed by atoms with van der Waals surface area (Å²) in [7, 11) is -11.3. The molecule has 3 fully saturated rings. The third-order valence-electron chi connectivity index (χ3n) is 9.07. The van der Waals surface area contributed by atoms with Gasteiger partial charge in [-0.2, -0.15) is 4.31 Å². The van der Waals surface area contributed by atoms with Crippen molar-refractivity contribution in [3.63, 3.8) is 0 Å². The second-order valence-electron chi connectivity index (χ2n) is 11.9. The molecule has 0 aromatic heterocycles. The van der Waals surface area contributed by atoms with Gasteiger partial charge in [-0.1, -0.05) is 62.8 Å². The summed E-state index contributed by atoms with van der Waals surface area (Å²) < 4.78 is 81.9. The van der Waals surface area contributed by atoms with Gasteiger partial charge in [0.25, 0.3) is 0 Å². The Balaban J connectivity index is 1.29. The first-order chi connectivity index (χ1) is 19.6. The molecule has 2 aromatic carbocycles. The first-order valence-corrected chi connectivity index (χ1v) is 19.7. The first-order valence-electron chi connectivity index (χ1n) is 15.0. The maximum absolute atomic E-state index is 13.8. The van der Waals surface area contributed by atoms with E-state index in [0.717, 1.165) is 36.8 Å². The Morgan fingerprint density at radius 1 is 0.683 bits per heavy atom. The van der Waals surface area contributed by atoms with Crippen LogP contribution in [0.1, 0.15) is 93.6 Å². The Morgan fingerprint density at radius 2 is 1.17 bits per heavy atom. The van der Waals surface area contributed by atoms with Gasteiger partial charge in [-0.05, 0) is 79.3 Å². The van der Waals surface area contributed by atoms with E-state index in [1.165, 1.54) is 42.8 Å². The second kappa shape index (κ2) is 12.8. The number of benzene rings is 2. The minimum Gasteiger partial charge on any atom is -0.229 e. The molecule has 226 valence electrons. The number of nitrogens with one attached hydrogen (secondary N) is 1. The van der Waals surface area contributed by atoms with Gasteiger partial charge < -0.3 is 0 Å². The van der Waals surface area contributed by atoms with Gasteiger partial charge >= 0.3 is 0 Å². The fraction of sp³-hybridized carbons (Fsp3) is 0.600. The third kappa shape index (κ3) is 7.41. The largest absolute Gasteiger partial charge is 0.243 e. The van der Waals surface area contributed by atoms with Crippen molar-refractivity contribution in [2.75, 3.05) is 24.6 Å². The first kappa shape index (κ1) is 30.7. The Hall–Kier alpha value is -1.79. The molecule has 0 radical (unpaired) electrons. The molecule has 1 atom stereocenters. The van der Waals surface area contributed by atoms with E-state index in [0.29, 0.717) is 11.8 Å². The molecule has 2 saturated carbocycles. The highest BCUT2D eigenvalue weighted by atomic mass is 32.2. The van der Waals surface area contributed by atoms with Gasteiger partial charge in [0.1, 0.15) is 0 Å². The zero-order valence-electron chi connectivity index (χ0n) is 23.6. The molecular weight excluding hydrogens is 581 g/mol. The highest BCUT2D eigenvalue weighted by molar-refractivity contribution is 7.92. The van der Waals surface area contributed by atoms with Crippen LogP contribution in [-0.4, -0.2) is 60.2 Å². The van der Waals surface area contributed by atoms with Crippen LogP contribution in [0.2, 0.25) is 0 Å². The molecule has 1 N–H and O–H groups in total. The van der Waals surface area contributed by atoms with Gasteiger partial charge in [0.15, 0.2) is 9.84 Å². The topological polar surface area (TPSA) is 118 Å². The average molecular weight is 623 g/mol. The molecule has 2 aliphatic carbocycles. The molecule has 0 spiro atoms. The van der Waals surface area contributed by atoms with Crippen molar-refractivity contribution in [1.82, 2.24) is 9.03 Å². The van der Waals surface area contributed by atoms with E-state index >= 15 is 0 Å². The quantitative estimate of drug-likeness (QED) is 0.401. The minimum absolute atomic E-state index is 0.0800. The summed E-state index contributed by atoms with van der Waals surface area (Å²) in [5, 5.41) is 0. The molecule has 0 amide bonds. The lowest BCUT2D eigenvalue weighted by molar-refractivity contribution is 0.343. The Morgan fingerprint density at radius 3 is 1.63 bits per heavy atom. The van der Waals surface area contributed by atoms with Crippen molar-refractivity contribution >= 4 is 29.9 Å². The predicted octanol–water partition coefficient (Wildman–Crippen LogP) is 4.94. The van der Waals surface area contributed by atoms with Gasteiger partial charge in [0, 0.05) is 19.1 Å².